The Balaban J connectivity index is 1.82. The van der Waals surface area contributed by atoms with E-state index in [1.54, 1.807) is 12.1 Å². The van der Waals surface area contributed by atoms with Crippen molar-refractivity contribution in [3.05, 3.63) is 30.1 Å². The van der Waals surface area contributed by atoms with E-state index in [1.165, 1.54) is 26.5 Å². The van der Waals surface area contributed by atoms with Gasteiger partial charge in [-0.3, -0.25) is 0 Å². The quantitative estimate of drug-likeness (QED) is 0.721. The van der Waals surface area contributed by atoms with Crippen LogP contribution in [0.1, 0.15) is 16.9 Å². The van der Waals surface area contributed by atoms with Crippen molar-refractivity contribution in [1.82, 2.24) is 15.0 Å². The molecule has 2 aromatic heterocycles. The molecule has 1 fully saturated rings. The molecule has 1 saturated heterocycles. The van der Waals surface area contributed by atoms with Gasteiger partial charge in [0.1, 0.15) is 6.10 Å². The number of nitrogens with zero attached hydrogens (tertiary/aromatic N) is 3. The minimum absolute atomic E-state index is 0.0276. The standard InChI is InChI=1S/C16H17N3O6/c1-21-12-8-13(22-2)19-16(18-12)25-11-4-3-6-17-14(11)15(20)24-10-5-7-23-9-10/h3-4,6,8,10H,5,7,9H2,1-2H3. The Bertz CT molecular complexity index is 726. The van der Waals surface area contributed by atoms with Gasteiger partial charge in [0.05, 0.1) is 33.5 Å². The molecule has 0 N–H and O–H groups in total. The van der Waals surface area contributed by atoms with Gasteiger partial charge in [0.25, 0.3) is 0 Å². The van der Waals surface area contributed by atoms with Crippen LogP contribution in [-0.2, 0) is 9.47 Å². The van der Waals surface area contributed by atoms with Gasteiger partial charge in [0.2, 0.25) is 11.8 Å². The maximum Gasteiger partial charge on any atom is 0.361 e. The highest BCUT2D eigenvalue weighted by Crippen LogP contribution is 2.26. The topological polar surface area (TPSA) is 102 Å². The van der Waals surface area contributed by atoms with Gasteiger partial charge in [-0.05, 0) is 12.1 Å². The van der Waals surface area contributed by atoms with Crippen molar-refractivity contribution in [3.63, 3.8) is 0 Å². The summed E-state index contributed by atoms with van der Waals surface area (Å²) in [7, 11) is 2.92. The fourth-order valence-corrected chi connectivity index (χ4v) is 2.18. The Kier molecular flexibility index (Phi) is 5.24. The van der Waals surface area contributed by atoms with Gasteiger partial charge in [-0.15, -0.1) is 0 Å². The van der Waals surface area contributed by atoms with Crippen LogP contribution in [0.4, 0.5) is 0 Å². The number of methoxy groups -OCH3 is 2. The number of hydrogen-bond donors (Lipinski definition) is 0. The second-order valence-corrected chi connectivity index (χ2v) is 5.08. The first-order valence-electron chi connectivity index (χ1n) is 7.58. The molecular formula is C16H17N3O6. The molecule has 0 radical (unpaired) electrons. The van der Waals surface area contributed by atoms with Crippen molar-refractivity contribution in [2.45, 2.75) is 12.5 Å². The van der Waals surface area contributed by atoms with E-state index in [9.17, 15) is 4.79 Å². The molecule has 1 atom stereocenters. The number of carbonyl (C=O) groups excluding carboxylic acids is 1. The number of esters is 1. The summed E-state index contributed by atoms with van der Waals surface area (Å²) in [5.41, 5.74) is 0.0276. The first kappa shape index (κ1) is 16.9. The zero-order valence-corrected chi connectivity index (χ0v) is 13.8. The molecule has 0 aromatic carbocycles. The maximum atomic E-state index is 12.3. The van der Waals surface area contributed by atoms with Crippen molar-refractivity contribution in [1.29, 1.82) is 0 Å². The first-order chi connectivity index (χ1) is 12.2. The lowest BCUT2D eigenvalue weighted by atomic mass is 10.3. The van der Waals surface area contributed by atoms with Crippen molar-refractivity contribution in [3.8, 4) is 23.5 Å². The van der Waals surface area contributed by atoms with Gasteiger partial charge in [0.15, 0.2) is 11.4 Å². The van der Waals surface area contributed by atoms with Gasteiger partial charge in [-0.2, -0.15) is 9.97 Å². The highest BCUT2D eigenvalue weighted by atomic mass is 16.6. The van der Waals surface area contributed by atoms with E-state index >= 15 is 0 Å². The number of pyridine rings is 1. The lowest BCUT2D eigenvalue weighted by molar-refractivity contribution is 0.0261. The van der Waals surface area contributed by atoms with Crippen molar-refractivity contribution in [2.75, 3.05) is 27.4 Å². The second-order valence-electron chi connectivity index (χ2n) is 5.08. The zero-order valence-electron chi connectivity index (χ0n) is 13.8. The summed E-state index contributed by atoms with van der Waals surface area (Å²) in [6.07, 6.45) is 1.85. The molecule has 1 aliphatic rings. The Morgan fingerprint density at radius 2 is 2.00 bits per heavy atom. The molecule has 0 amide bonds. The van der Waals surface area contributed by atoms with Crippen LogP contribution in [0.3, 0.4) is 0 Å². The van der Waals surface area contributed by atoms with E-state index in [2.05, 4.69) is 15.0 Å². The molecule has 0 bridgehead atoms. The highest BCUT2D eigenvalue weighted by Gasteiger charge is 2.24. The fraction of sp³-hybridized carbons (Fsp3) is 0.375. The first-order valence-corrected chi connectivity index (χ1v) is 7.58. The summed E-state index contributed by atoms with van der Waals surface area (Å²) in [6.45, 7) is 0.950. The Morgan fingerprint density at radius 1 is 1.24 bits per heavy atom. The molecule has 1 aliphatic heterocycles. The van der Waals surface area contributed by atoms with E-state index in [1.807, 2.05) is 0 Å². The predicted octanol–water partition coefficient (Wildman–Crippen LogP) is 1.63. The van der Waals surface area contributed by atoms with Crippen LogP contribution in [0, 0.1) is 0 Å². The molecule has 9 nitrogen and oxygen atoms in total. The minimum Gasteiger partial charge on any atom is -0.481 e. The van der Waals surface area contributed by atoms with E-state index in [-0.39, 0.29) is 35.3 Å². The highest BCUT2D eigenvalue weighted by molar-refractivity contribution is 5.90. The molecular weight excluding hydrogens is 330 g/mol. The predicted molar refractivity (Wildman–Crippen MR) is 84.1 cm³/mol. The summed E-state index contributed by atoms with van der Waals surface area (Å²) in [4.78, 5) is 24.5. The SMILES string of the molecule is COc1cc(OC)nc(Oc2cccnc2C(=O)OC2CCOC2)n1. The summed E-state index contributed by atoms with van der Waals surface area (Å²) < 4.78 is 26.3. The summed E-state index contributed by atoms with van der Waals surface area (Å²) >= 11 is 0. The van der Waals surface area contributed by atoms with Gasteiger partial charge in [-0.1, -0.05) is 0 Å². The van der Waals surface area contributed by atoms with Crippen LogP contribution < -0.4 is 14.2 Å². The van der Waals surface area contributed by atoms with E-state index < -0.39 is 5.97 Å². The van der Waals surface area contributed by atoms with E-state index in [0.717, 1.165) is 0 Å². The molecule has 9 heteroatoms. The van der Waals surface area contributed by atoms with Gasteiger partial charge in [0, 0.05) is 12.6 Å². The van der Waals surface area contributed by atoms with Crippen LogP contribution >= 0.6 is 0 Å². The van der Waals surface area contributed by atoms with Gasteiger partial charge >= 0.3 is 12.0 Å². The van der Waals surface area contributed by atoms with Crippen molar-refractivity contribution < 1.29 is 28.5 Å². The Morgan fingerprint density at radius 3 is 2.64 bits per heavy atom. The lowest BCUT2D eigenvalue weighted by Crippen LogP contribution is -2.19. The molecule has 3 heterocycles. The van der Waals surface area contributed by atoms with Crippen molar-refractivity contribution in [2.24, 2.45) is 0 Å². The zero-order chi connectivity index (χ0) is 17.6. The second kappa shape index (κ2) is 7.75. The Hall–Kier alpha value is -2.94. The fourth-order valence-electron chi connectivity index (χ4n) is 2.18. The molecule has 0 aliphatic carbocycles. The van der Waals surface area contributed by atoms with E-state index in [0.29, 0.717) is 19.6 Å². The third-order valence-electron chi connectivity index (χ3n) is 3.40. The third-order valence-corrected chi connectivity index (χ3v) is 3.40. The summed E-state index contributed by atoms with van der Waals surface area (Å²) in [5.74, 6) is 0.0959. The largest absolute Gasteiger partial charge is 0.481 e. The molecule has 0 saturated carbocycles. The number of rotatable bonds is 6. The summed E-state index contributed by atoms with van der Waals surface area (Å²) in [5, 5.41) is 0. The van der Waals surface area contributed by atoms with Crippen LogP contribution in [-0.4, -0.2) is 54.5 Å². The molecule has 3 rings (SSSR count). The number of hydrogen-bond acceptors (Lipinski definition) is 9. The van der Waals surface area contributed by atoms with Crippen LogP contribution in [0.2, 0.25) is 0 Å². The van der Waals surface area contributed by atoms with Gasteiger partial charge in [-0.25, -0.2) is 9.78 Å². The number of ether oxygens (including phenoxy) is 5. The molecule has 25 heavy (non-hydrogen) atoms. The molecule has 1 unspecified atom stereocenters. The van der Waals surface area contributed by atoms with Crippen LogP contribution in [0.5, 0.6) is 23.5 Å². The van der Waals surface area contributed by atoms with Crippen LogP contribution in [0.15, 0.2) is 24.4 Å². The lowest BCUT2D eigenvalue weighted by Gasteiger charge is -2.12. The monoisotopic (exact) mass is 347 g/mol. The molecule has 0 spiro atoms. The smallest absolute Gasteiger partial charge is 0.361 e. The number of aromatic nitrogens is 3. The van der Waals surface area contributed by atoms with Gasteiger partial charge < -0.3 is 23.7 Å². The average molecular weight is 347 g/mol. The maximum absolute atomic E-state index is 12.3. The third kappa shape index (κ3) is 4.13. The van der Waals surface area contributed by atoms with Crippen LogP contribution in [0.25, 0.3) is 0 Å². The normalized spacial score (nSPS) is 16.3. The number of carbonyl (C=O) groups is 1. The minimum atomic E-state index is -0.596. The Labute approximate surface area is 143 Å². The average Bonchev–Trinajstić information content (AvgIpc) is 3.14. The molecule has 2 aromatic rings. The van der Waals surface area contributed by atoms with Crippen molar-refractivity contribution >= 4 is 5.97 Å². The molecule has 132 valence electrons. The van der Waals surface area contributed by atoms with E-state index in [4.69, 9.17) is 23.7 Å². The summed E-state index contributed by atoms with van der Waals surface area (Å²) in [6, 6.07) is 4.67.